The number of nitrogens with zero attached hydrogens (tertiary/aromatic N) is 7. The van der Waals surface area contributed by atoms with Gasteiger partial charge in [-0.1, -0.05) is 36.4 Å². The summed E-state index contributed by atoms with van der Waals surface area (Å²) in [4.78, 5) is 56.6. The Hall–Kier alpha value is -8.61. The highest BCUT2D eigenvalue weighted by Crippen LogP contribution is 2.34. The summed E-state index contributed by atoms with van der Waals surface area (Å²) in [6.45, 7) is 16.1. The number of H-pyrrole nitrogens is 1. The summed E-state index contributed by atoms with van der Waals surface area (Å²) in [5.74, 6) is -1.11. The Morgan fingerprint density at radius 1 is 0.535 bits per heavy atom. The lowest BCUT2D eigenvalue weighted by molar-refractivity contribution is 0.0526. The number of benzene rings is 3. The quantitative estimate of drug-likeness (QED) is 0.0928. The predicted molar refractivity (Wildman–Crippen MR) is 331 cm³/mol. The van der Waals surface area contributed by atoms with Gasteiger partial charge in [0, 0.05) is 79.9 Å². The fraction of sp³-hybridized carbons (Fsp3) is 0.197. The van der Waals surface area contributed by atoms with Gasteiger partial charge >= 0.3 is 33.1 Å². The van der Waals surface area contributed by atoms with Crippen molar-refractivity contribution in [2.24, 2.45) is 0 Å². The minimum atomic E-state index is -1.59. The lowest BCUT2D eigenvalue weighted by atomic mass is 9.80. The number of hydrogen-bond donors (Lipinski definition) is 4. The van der Waals surface area contributed by atoms with Crippen molar-refractivity contribution in [2.75, 3.05) is 0 Å². The number of pyridine rings is 4. The van der Waals surface area contributed by atoms with Crippen LogP contribution in [0.3, 0.4) is 0 Å². The topological polar surface area (TPSA) is 231 Å². The summed E-state index contributed by atoms with van der Waals surface area (Å²) in [5.41, 5.74) is 3.46. The van der Waals surface area contributed by atoms with Crippen LogP contribution in [0.2, 0.25) is 0 Å². The van der Waals surface area contributed by atoms with E-state index in [1.165, 1.54) is 57.8 Å². The lowest BCUT2D eigenvalue weighted by Gasteiger charge is -2.20. The molecule has 4 N–H and O–H groups in total. The first kappa shape index (κ1) is 64.9. The molecular weight excluding hydrogens is 1240 g/mol. The van der Waals surface area contributed by atoms with Crippen molar-refractivity contribution >= 4 is 115 Å². The largest absolute Gasteiger partial charge is 0.570 e. The van der Waals surface area contributed by atoms with Gasteiger partial charge in [-0.2, -0.15) is 4.57 Å². The predicted octanol–water partition coefficient (Wildman–Crippen LogP) is 13.6. The standard InChI is InChI=1S/C18H17BFN2O4.C18H17FN2O2.C12H13BrN2O2.C7H5BrN2.C6H6BFO2/c1-18(2,3)25-17(23)22-15(26-19-24)10-14-13(7-8-21-16(14)22)11-5-4-6-12(20)9-11;1-18(2,3)23-17(22)21-10-8-15-14(7-9-20-16(15)21)12-5-4-6-13(19)11-12;1-12(2,3)17-11(16)15-7-5-8-9(13)4-6-14-10(8)15;8-6-2-4-10-7-5(6)1-3-9-7;8-6-3-1-2-5(4-6)7(9)10/h4-10,24H,1-3H3;4-11H,1-3H3;4-7H,1-3H3;1-4H,(H,9,10);1-4,9-10H. The molecule has 0 bridgehead atoms. The fourth-order valence-corrected chi connectivity index (χ4v) is 8.94. The van der Waals surface area contributed by atoms with Gasteiger partial charge in [-0.3, -0.25) is 0 Å². The number of aromatic amines is 1. The summed E-state index contributed by atoms with van der Waals surface area (Å²) in [6.07, 6.45) is 10.1. The zero-order valence-electron chi connectivity index (χ0n) is 48.0. The first-order chi connectivity index (χ1) is 40.6. The number of rotatable bonds is 5. The van der Waals surface area contributed by atoms with Gasteiger partial charge < -0.3 is 38.9 Å². The van der Waals surface area contributed by atoms with Gasteiger partial charge in [0.1, 0.15) is 45.5 Å². The second-order valence-electron chi connectivity index (χ2n) is 21.6. The Labute approximate surface area is 510 Å². The van der Waals surface area contributed by atoms with Crippen molar-refractivity contribution in [3.63, 3.8) is 0 Å². The number of carbonyl (C=O) groups excluding carboxylic acids is 3. The van der Waals surface area contributed by atoms with E-state index in [2.05, 4.69) is 56.8 Å². The maximum Gasteiger partial charge on any atom is 0.570 e. The van der Waals surface area contributed by atoms with Gasteiger partial charge in [-0.15, -0.1) is 0 Å². The van der Waals surface area contributed by atoms with Gasteiger partial charge in [0.25, 0.3) is 0 Å². The highest BCUT2D eigenvalue weighted by molar-refractivity contribution is 9.11. The van der Waals surface area contributed by atoms with E-state index < -0.39 is 48.0 Å². The van der Waals surface area contributed by atoms with Crippen molar-refractivity contribution in [2.45, 2.75) is 79.1 Å². The molecule has 8 heterocycles. The number of carbonyl (C=O) groups is 3. The molecular formula is C61H58B2Br2F3N8O10. The maximum absolute atomic E-state index is 13.6. The van der Waals surface area contributed by atoms with Crippen molar-refractivity contribution in [3.8, 4) is 28.1 Å². The Kier molecular flexibility index (Phi) is 21.2. The van der Waals surface area contributed by atoms with E-state index in [9.17, 15) is 27.6 Å². The minimum Gasteiger partial charge on any atom is -0.524 e. The van der Waals surface area contributed by atoms with E-state index in [-0.39, 0.29) is 28.6 Å². The first-order valence-electron chi connectivity index (χ1n) is 26.2. The van der Waals surface area contributed by atoms with E-state index in [0.29, 0.717) is 35.5 Å². The third-order valence-electron chi connectivity index (χ3n) is 11.5. The van der Waals surface area contributed by atoms with Gasteiger partial charge in [-0.25, -0.2) is 56.6 Å². The zero-order chi connectivity index (χ0) is 62.7. The van der Waals surface area contributed by atoms with Crippen molar-refractivity contribution in [1.82, 2.24) is 38.6 Å². The first-order valence-corrected chi connectivity index (χ1v) is 27.8. The molecule has 0 unspecified atom stereocenters. The number of nitrogens with one attached hydrogen (secondary N) is 1. The summed E-state index contributed by atoms with van der Waals surface area (Å²) in [7, 11) is -1.12. The summed E-state index contributed by atoms with van der Waals surface area (Å²) >= 11 is 6.83. The average molecular weight is 1300 g/mol. The molecule has 0 amide bonds. The van der Waals surface area contributed by atoms with Crippen LogP contribution in [0.15, 0.2) is 174 Å². The van der Waals surface area contributed by atoms with Gasteiger partial charge in [0.05, 0.1) is 0 Å². The van der Waals surface area contributed by atoms with E-state index in [0.717, 1.165) is 52.5 Å². The molecule has 86 heavy (non-hydrogen) atoms. The highest BCUT2D eigenvalue weighted by Gasteiger charge is 2.26. The summed E-state index contributed by atoms with van der Waals surface area (Å²) in [6, 6.07) is 32.0. The van der Waals surface area contributed by atoms with Crippen LogP contribution >= 0.6 is 31.9 Å². The molecule has 1 radical (unpaired) electrons. The third-order valence-corrected chi connectivity index (χ3v) is 12.9. The monoisotopic (exact) mass is 1300 g/mol. The number of ether oxygens (including phenoxy) is 3. The zero-order valence-corrected chi connectivity index (χ0v) is 51.1. The van der Waals surface area contributed by atoms with Crippen LogP contribution in [-0.4, -0.2) is 104 Å². The number of fused-ring (bicyclic) bond motifs is 4. The van der Waals surface area contributed by atoms with Gasteiger partial charge in [0.2, 0.25) is 0 Å². The van der Waals surface area contributed by atoms with Crippen molar-refractivity contribution < 1.29 is 61.5 Å². The van der Waals surface area contributed by atoms with Crippen LogP contribution in [0.4, 0.5) is 27.6 Å². The Morgan fingerprint density at radius 3 is 1.48 bits per heavy atom. The molecule has 11 rings (SSSR count). The minimum absolute atomic E-state index is 0.0353. The summed E-state index contributed by atoms with van der Waals surface area (Å²) in [5, 5.41) is 29.4. The van der Waals surface area contributed by atoms with E-state index in [1.54, 1.807) is 94.2 Å². The third kappa shape index (κ3) is 17.3. The highest BCUT2D eigenvalue weighted by atomic mass is 79.9. The molecule has 443 valence electrons. The molecule has 0 aliphatic carbocycles. The SMILES string of the molecule is Brc1ccnc2[nH]ccc12.CC(C)(C)OC(=O)n1c(O[B]O)cc2c(-c3cccc(F)c3)ccnc21.CC(C)(C)OC(=O)n1ccc2c(-c3cccc(F)c3)ccnc21.CC(C)(C)OC(=O)n1ccc2c(Br)ccnc21.OB(O)c1cccc(F)c1. The molecule has 0 saturated carbocycles. The molecule has 11 aromatic rings. The van der Waals surface area contributed by atoms with E-state index >= 15 is 0 Å². The molecule has 0 spiro atoms. The van der Waals surface area contributed by atoms with E-state index in [1.807, 2.05) is 78.1 Å². The smallest absolute Gasteiger partial charge is 0.524 e. The maximum atomic E-state index is 13.6. The molecule has 0 saturated heterocycles. The van der Waals surface area contributed by atoms with Crippen LogP contribution in [0.25, 0.3) is 66.4 Å². The fourth-order valence-electron chi connectivity index (χ4n) is 8.07. The normalized spacial score (nSPS) is 11.2. The second-order valence-corrected chi connectivity index (χ2v) is 23.3. The summed E-state index contributed by atoms with van der Waals surface area (Å²) < 4.78 is 66.4. The molecule has 0 aliphatic heterocycles. The second kappa shape index (κ2) is 28.1. The van der Waals surface area contributed by atoms with Crippen molar-refractivity contribution in [1.29, 1.82) is 0 Å². The number of aromatic nitrogens is 8. The van der Waals surface area contributed by atoms with Gasteiger partial charge in [-0.05, 0) is 201 Å². The Bertz CT molecular complexity index is 4180. The molecule has 8 aromatic heterocycles. The molecule has 25 heteroatoms. The Balaban J connectivity index is 0.000000161. The van der Waals surface area contributed by atoms with Crippen LogP contribution in [0, 0.1) is 17.5 Å². The molecule has 0 aliphatic rings. The number of hydrogen-bond acceptors (Lipinski definition) is 14. The van der Waals surface area contributed by atoms with E-state index in [4.69, 9.17) is 33.9 Å². The Morgan fingerprint density at radius 2 is 0.988 bits per heavy atom. The van der Waals surface area contributed by atoms with Crippen LogP contribution in [-0.2, 0) is 14.2 Å². The molecule has 0 atom stereocenters. The molecule has 3 aromatic carbocycles. The van der Waals surface area contributed by atoms with Crippen LogP contribution in [0.1, 0.15) is 62.3 Å². The van der Waals surface area contributed by atoms with Gasteiger partial charge in [0.15, 0.2) is 17.2 Å². The number of halogens is 5. The molecule has 0 fully saturated rings. The average Bonchev–Trinajstić information content (AvgIpc) is 1.73. The molecule has 18 nitrogen and oxygen atoms in total. The van der Waals surface area contributed by atoms with Crippen LogP contribution < -0.4 is 10.1 Å². The lowest BCUT2D eigenvalue weighted by Crippen LogP contribution is -2.29. The van der Waals surface area contributed by atoms with Crippen LogP contribution in [0.5, 0.6) is 5.88 Å². The van der Waals surface area contributed by atoms with Crippen molar-refractivity contribution in [3.05, 3.63) is 191 Å².